The lowest BCUT2D eigenvalue weighted by molar-refractivity contribution is -0.117. The van der Waals surface area contributed by atoms with Gasteiger partial charge in [-0.3, -0.25) is 4.79 Å². The maximum Gasteiger partial charge on any atom is 0.227 e. The quantitative estimate of drug-likeness (QED) is 0.854. The molecule has 1 aliphatic heterocycles. The van der Waals surface area contributed by atoms with Gasteiger partial charge in [0.1, 0.15) is 0 Å². The van der Waals surface area contributed by atoms with Crippen LogP contribution in [0.2, 0.25) is 0 Å². The van der Waals surface area contributed by atoms with Crippen molar-refractivity contribution in [2.24, 2.45) is 11.7 Å². The third-order valence-corrected chi connectivity index (χ3v) is 3.52. The first-order chi connectivity index (χ1) is 9.69. The number of nitrogens with two attached hydrogens (primary N) is 1. The summed E-state index contributed by atoms with van der Waals surface area (Å²) < 4.78 is 0. The van der Waals surface area contributed by atoms with Crippen LogP contribution in [0.4, 0.5) is 11.4 Å². The number of nitrogens with one attached hydrogen (secondary N) is 1. The number of nitrogens with zero attached hydrogens (tertiary/aromatic N) is 2. The van der Waals surface area contributed by atoms with Crippen LogP contribution >= 0.6 is 0 Å². The highest BCUT2D eigenvalue weighted by atomic mass is 16.2. The third kappa shape index (κ3) is 2.91. The molecule has 3 N–H and O–H groups in total. The Hall–Kier alpha value is -2.06. The van der Waals surface area contributed by atoms with Crippen molar-refractivity contribution < 1.29 is 4.79 Å². The predicted molar refractivity (Wildman–Crippen MR) is 79.5 cm³/mol. The first-order valence-electron chi connectivity index (χ1n) is 6.98. The minimum Gasteiger partial charge on any atom is -0.383 e. The van der Waals surface area contributed by atoms with E-state index in [2.05, 4.69) is 18.3 Å². The zero-order valence-corrected chi connectivity index (χ0v) is 11.7. The second-order valence-electron chi connectivity index (χ2n) is 5.08. The Morgan fingerprint density at radius 1 is 1.55 bits per heavy atom. The number of rotatable bonds is 5. The maximum atomic E-state index is 12.1. The van der Waals surface area contributed by atoms with Gasteiger partial charge in [-0.05, 0) is 37.1 Å². The molecule has 106 valence electrons. The Morgan fingerprint density at radius 3 is 2.95 bits per heavy atom. The average molecular weight is 272 g/mol. The Bertz CT molecular complexity index is 535. The van der Waals surface area contributed by atoms with E-state index in [1.54, 1.807) is 17.0 Å². The van der Waals surface area contributed by atoms with Gasteiger partial charge in [-0.1, -0.05) is 6.92 Å². The summed E-state index contributed by atoms with van der Waals surface area (Å²) in [5.41, 5.74) is 7.92. The zero-order valence-electron chi connectivity index (χ0n) is 11.7. The van der Waals surface area contributed by atoms with Crippen LogP contribution in [0.15, 0.2) is 18.2 Å². The Kier molecular flexibility index (Phi) is 4.59. The summed E-state index contributed by atoms with van der Waals surface area (Å²) in [6.45, 7) is 4.06. The van der Waals surface area contributed by atoms with Crippen LogP contribution in [0.5, 0.6) is 0 Å². The van der Waals surface area contributed by atoms with Crippen molar-refractivity contribution in [3.05, 3.63) is 23.8 Å². The van der Waals surface area contributed by atoms with Crippen LogP contribution < -0.4 is 16.0 Å². The fourth-order valence-electron chi connectivity index (χ4n) is 2.41. The molecule has 0 radical (unpaired) electrons. The Morgan fingerprint density at radius 2 is 2.35 bits per heavy atom. The highest BCUT2D eigenvalue weighted by Gasteiger charge is 2.31. The number of nitriles is 1. The van der Waals surface area contributed by atoms with Gasteiger partial charge in [-0.2, -0.15) is 5.26 Å². The minimum atomic E-state index is 0.0788. The molecule has 20 heavy (non-hydrogen) atoms. The summed E-state index contributed by atoms with van der Waals surface area (Å²) in [6.07, 6.45) is 1.49. The zero-order chi connectivity index (χ0) is 14.5. The van der Waals surface area contributed by atoms with Gasteiger partial charge in [-0.15, -0.1) is 0 Å². The van der Waals surface area contributed by atoms with Crippen molar-refractivity contribution in [2.75, 3.05) is 29.9 Å². The SMILES string of the molecule is CCCNc1ccc(C#N)cc1N1CC(CN)CC1=O. The maximum absolute atomic E-state index is 12.1. The summed E-state index contributed by atoms with van der Waals surface area (Å²) in [5.74, 6) is 0.280. The summed E-state index contributed by atoms with van der Waals surface area (Å²) in [7, 11) is 0. The summed E-state index contributed by atoms with van der Waals surface area (Å²) in [4.78, 5) is 13.9. The van der Waals surface area contributed by atoms with Crippen LogP contribution in [0.1, 0.15) is 25.3 Å². The Labute approximate surface area is 119 Å². The molecule has 5 nitrogen and oxygen atoms in total. The monoisotopic (exact) mass is 272 g/mol. The Balaban J connectivity index is 2.32. The van der Waals surface area contributed by atoms with Crippen molar-refractivity contribution in [3.63, 3.8) is 0 Å². The van der Waals surface area contributed by atoms with E-state index >= 15 is 0 Å². The van der Waals surface area contributed by atoms with Crippen molar-refractivity contribution in [1.82, 2.24) is 0 Å². The van der Waals surface area contributed by atoms with E-state index < -0.39 is 0 Å². The van der Waals surface area contributed by atoms with Gasteiger partial charge in [0.05, 0.1) is 23.0 Å². The largest absolute Gasteiger partial charge is 0.383 e. The number of benzene rings is 1. The molecule has 1 aromatic carbocycles. The first-order valence-corrected chi connectivity index (χ1v) is 6.98. The van der Waals surface area contributed by atoms with Gasteiger partial charge in [0.15, 0.2) is 0 Å². The highest BCUT2D eigenvalue weighted by Crippen LogP contribution is 2.32. The van der Waals surface area contributed by atoms with Gasteiger partial charge in [0.2, 0.25) is 5.91 Å². The molecule has 0 aliphatic carbocycles. The van der Waals surface area contributed by atoms with E-state index in [0.29, 0.717) is 25.1 Å². The molecule has 1 aromatic rings. The van der Waals surface area contributed by atoms with Crippen LogP contribution in [0.3, 0.4) is 0 Å². The molecule has 0 bridgehead atoms. The number of amides is 1. The van der Waals surface area contributed by atoms with Gasteiger partial charge < -0.3 is 16.0 Å². The second-order valence-corrected chi connectivity index (χ2v) is 5.08. The minimum absolute atomic E-state index is 0.0788. The fourth-order valence-corrected chi connectivity index (χ4v) is 2.41. The van der Waals surface area contributed by atoms with E-state index in [1.165, 1.54) is 0 Å². The van der Waals surface area contributed by atoms with E-state index in [9.17, 15) is 4.79 Å². The van der Waals surface area contributed by atoms with Crippen LogP contribution in [-0.2, 0) is 4.79 Å². The van der Waals surface area contributed by atoms with E-state index in [0.717, 1.165) is 24.3 Å². The van der Waals surface area contributed by atoms with Crippen LogP contribution in [0, 0.1) is 17.2 Å². The number of carbonyl (C=O) groups is 1. The lowest BCUT2D eigenvalue weighted by atomic mass is 10.1. The van der Waals surface area contributed by atoms with Gasteiger partial charge in [0, 0.05) is 19.5 Å². The average Bonchev–Trinajstić information content (AvgIpc) is 2.86. The number of hydrogen-bond donors (Lipinski definition) is 2. The molecule has 0 aromatic heterocycles. The van der Waals surface area contributed by atoms with Crippen LogP contribution in [-0.4, -0.2) is 25.5 Å². The predicted octanol–water partition coefficient (Wildman–Crippen LogP) is 1.69. The van der Waals surface area contributed by atoms with Crippen molar-refractivity contribution in [2.45, 2.75) is 19.8 Å². The molecule has 1 saturated heterocycles. The summed E-state index contributed by atoms with van der Waals surface area (Å²) in [5, 5.41) is 12.4. The molecule has 0 saturated carbocycles. The summed E-state index contributed by atoms with van der Waals surface area (Å²) >= 11 is 0. The van der Waals surface area contributed by atoms with Gasteiger partial charge in [0.25, 0.3) is 0 Å². The van der Waals surface area contributed by atoms with Crippen molar-refractivity contribution in [1.29, 1.82) is 5.26 Å². The normalized spacial score (nSPS) is 18.1. The lowest BCUT2D eigenvalue weighted by Gasteiger charge is -2.21. The van der Waals surface area contributed by atoms with Gasteiger partial charge >= 0.3 is 0 Å². The van der Waals surface area contributed by atoms with E-state index in [-0.39, 0.29) is 11.8 Å². The summed E-state index contributed by atoms with van der Waals surface area (Å²) in [6, 6.07) is 7.53. The molecule has 1 heterocycles. The number of carbonyl (C=O) groups excluding carboxylic acids is 1. The molecule has 1 amide bonds. The number of hydrogen-bond acceptors (Lipinski definition) is 4. The molecule has 1 unspecified atom stereocenters. The lowest BCUT2D eigenvalue weighted by Crippen LogP contribution is -2.26. The third-order valence-electron chi connectivity index (χ3n) is 3.52. The standard InChI is InChI=1S/C15H20N4O/c1-2-5-18-13-4-3-11(8-16)6-14(13)19-10-12(9-17)7-15(19)20/h3-4,6,12,18H,2,5,7,9-10,17H2,1H3. The van der Waals surface area contributed by atoms with Crippen molar-refractivity contribution >= 4 is 17.3 Å². The van der Waals surface area contributed by atoms with Crippen LogP contribution in [0.25, 0.3) is 0 Å². The molecule has 1 fully saturated rings. The molecule has 0 spiro atoms. The topological polar surface area (TPSA) is 82.2 Å². The molecule has 1 atom stereocenters. The molecule has 1 aliphatic rings. The van der Waals surface area contributed by atoms with Crippen molar-refractivity contribution in [3.8, 4) is 6.07 Å². The van der Waals surface area contributed by atoms with E-state index in [4.69, 9.17) is 11.0 Å². The highest BCUT2D eigenvalue weighted by molar-refractivity contribution is 5.99. The smallest absolute Gasteiger partial charge is 0.227 e. The molecule has 5 heteroatoms. The second kappa shape index (κ2) is 6.40. The van der Waals surface area contributed by atoms with Gasteiger partial charge in [-0.25, -0.2) is 0 Å². The number of anilines is 2. The fraction of sp³-hybridized carbons (Fsp3) is 0.467. The first kappa shape index (κ1) is 14.4. The molecular formula is C15H20N4O. The van der Waals surface area contributed by atoms with E-state index in [1.807, 2.05) is 6.07 Å². The molecule has 2 rings (SSSR count). The molecular weight excluding hydrogens is 252 g/mol.